The summed E-state index contributed by atoms with van der Waals surface area (Å²) in [5, 5.41) is 0. The molecule has 35 heavy (non-hydrogen) atoms. The Bertz CT molecular complexity index is 1020. The van der Waals surface area contributed by atoms with Gasteiger partial charge in [0.1, 0.15) is 11.5 Å². The lowest BCUT2D eigenvalue weighted by molar-refractivity contribution is -0.136. The Labute approximate surface area is 208 Å². The predicted molar refractivity (Wildman–Crippen MR) is 135 cm³/mol. The zero-order chi connectivity index (χ0) is 24.3. The molecule has 1 spiro atoms. The molecule has 0 radical (unpaired) electrons. The van der Waals surface area contributed by atoms with Gasteiger partial charge >= 0.3 is 0 Å². The topological polar surface area (TPSA) is 59.1 Å². The minimum absolute atomic E-state index is 0.166. The van der Waals surface area contributed by atoms with Crippen LogP contribution in [0.2, 0.25) is 0 Å². The molecule has 1 saturated carbocycles. The van der Waals surface area contributed by atoms with Crippen molar-refractivity contribution in [2.24, 2.45) is 5.41 Å². The lowest BCUT2D eigenvalue weighted by atomic mass is 9.77. The molecule has 0 bridgehead atoms. The van der Waals surface area contributed by atoms with Crippen molar-refractivity contribution in [2.45, 2.75) is 50.4 Å². The van der Waals surface area contributed by atoms with E-state index in [-0.39, 0.29) is 22.6 Å². The number of amides is 2. The number of rotatable bonds is 8. The standard InChI is InChI=1S/C29H36N2O4/c1-34-24-11-9-23(10-12-24)29(13-14-29)27(33)31-20-17-28(22-31)15-18-30(19-16-28)26(32)8-5-21-35-25-6-3-2-4-7-25/h2-4,6-7,9-12H,5,8,13-22H2,1H3. The van der Waals surface area contributed by atoms with E-state index >= 15 is 0 Å². The third kappa shape index (κ3) is 5.02. The van der Waals surface area contributed by atoms with Gasteiger partial charge < -0.3 is 19.3 Å². The molecule has 2 saturated heterocycles. The quantitative estimate of drug-likeness (QED) is 0.529. The maximum atomic E-state index is 13.6. The summed E-state index contributed by atoms with van der Waals surface area (Å²) in [4.78, 5) is 30.4. The Kier molecular flexibility index (Phi) is 6.72. The summed E-state index contributed by atoms with van der Waals surface area (Å²) in [6.07, 6.45) is 6.12. The second kappa shape index (κ2) is 9.92. The zero-order valence-corrected chi connectivity index (χ0v) is 20.7. The summed E-state index contributed by atoms with van der Waals surface area (Å²) in [5.74, 6) is 2.18. The highest BCUT2D eigenvalue weighted by atomic mass is 16.5. The molecule has 2 aliphatic heterocycles. The summed E-state index contributed by atoms with van der Waals surface area (Å²) in [6.45, 7) is 3.81. The highest BCUT2D eigenvalue weighted by Crippen LogP contribution is 2.51. The third-order valence-corrected chi connectivity index (χ3v) is 8.25. The maximum absolute atomic E-state index is 13.6. The number of para-hydroxylation sites is 1. The molecule has 0 N–H and O–H groups in total. The number of piperidine rings is 1. The Morgan fingerprint density at radius 1 is 0.829 bits per heavy atom. The van der Waals surface area contributed by atoms with Crippen molar-refractivity contribution in [2.75, 3.05) is 39.9 Å². The minimum Gasteiger partial charge on any atom is -0.497 e. The molecule has 2 aromatic rings. The van der Waals surface area contributed by atoms with Gasteiger partial charge in [-0.15, -0.1) is 0 Å². The third-order valence-electron chi connectivity index (χ3n) is 8.25. The number of benzene rings is 2. The molecule has 5 rings (SSSR count). The largest absolute Gasteiger partial charge is 0.497 e. The molecular formula is C29H36N2O4. The van der Waals surface area contributed by atoms with E-state index in [0.717, 1.165) is 81.8 Å². The molecule has 186 valence electrons. The van der Waals surface area contributed by atoms with Gasteiger partial charge in [0.25, 0.3) is 0 Å². The number of carbonyl (C=O) groups excluding carboxylic acids is 2. The van der Waals surface area contributed by atoms with Crippen molar-refractivity contribution < 1.29 is 19.1 Å². The van der Waals surface area contributed by atoms with Gasteiger partial charge in [0, 0.05) is 32.6 Å². The molecule has 2 amide bonds. The minimum atomic E-state index is -0.337. The van der Waals surface area contributed by atoms with Crippen molar-refractivity contribution in [1.29, 1.82) is 0 Å². The first kappa shape index (κ1) is 23.7. The molecule has 6 heteroatoms. The molecule has 0 unspecified atom stereocenters. The van der Waals surface area contributed by atoms with Gasteiger partial charge in [-0.05, 0) is 73.8 Å². The van der Waals surface area contributed by atoms with E-state index in [4.69, 9.17) is 9.47 Å². The smallest absolute Gasteiger partial charge is 0.233 e. The fourth-order valence-electron chi connectivity index (χ4n) is 5.80. The first-order valence-electron chi connectivity index (χ1n) is 12.9. The molecule has 3 fully saturated rings. The van der Waals surface area contributed by atoms with Crippen LogP contribution in [0.1, 0.15) is 50.5 Å². The van der Waals surface area contributed by atoms with Crippen molar-refractivity contribution in [3.8, 4) is 11.5 Å². The van der Waals surface area contributed by atoms with Crippen LogP contribution in [0.5, 0.6) is 11.5 Å². The fraction of sp³-hybridized carbons (Fsp3) is 0.517. The molecule has 1 aliphatic carbocycles. The average Bonchev–Trinajstić information content (AvgIpc) is 3.62. The maximum Gasteiger partial charge on any atom is 0.233 e. The lowest BCUT2D eigenvalue weighted by Crippen LogP contribution is -2.45. The van der Waals surface area contributed by atoms with Gasteiger partial charge in [0.15, 0.2) is 0 Å². The number of hydrogen-bond donors (Lipinski definition) is 0. The van der Waals surface area contributed by atoms with E-state index in [1.807, 2.05) is 59.5 Å². The Morgan fingerprint density at radius 3 is 2.11 bits per heavy atom. The molecule has 0 atom stereocenters. The Morgan fingerprint density at radius 2 is 1.49 bits per heavy atom. The Balaban J connectivity index is 1.09. The van der Waals surface area contributed by atoms with E-state index in [1.54, 1.807) is 7.11 Å². The van der Waals surface area contributed by atoms with E-state index in [1.165, 1.54) is 0 Å². The summed E-state index contributed by atoms with van der Waals surface area (Å²) in [7, 11) is 1.66. The number of ether oxygens (including phenoxy) is 2. The number of nitrogens with zero attached hydrogens (tertiary/aromatic N) is 2. The highest BCUT2D eigenvalue weighted by Gasteiger charge is 2.55. The fourth-order valence-corrected chi connectivity index (χ4v) is 5.80. The van der Waals surface area contributed by atoms with E-state index in [0.29, 0.717) is 13.0 Å². The molecule has 6 nitrogen and oxygen atoms in total. The van der Waals surface area contributed by atoms with Crippen LogP contribution in [0.15, 0.2) is 54.6 Å². The Hall–Kier alpha value is -3.02. The first-order valence-corrected chi connectivity index (χ1v) is 12.9. The normalized spacial score (nSPS) is 20.0. The SMILES string of the molecule is COc1ccc(C2(C(=O)N3CCC4(CCN(C(=O)CCCOc5ccccc5)CC4)C3)CC2)cc1. The van der Waals surface area contributed by atoms with Crippen molar-refractivity contribution in [1.82, 2.24) is 9.80 Å². The van der Waals surface area contributed by atoms with E-state index in [9.17, 15) is 9.59 Å². The zero-order valence-electron chi connectivity index (χ0n) is 20.7. The molecular weight excluding hydrogens is 440 g/mol. The lowest BCUT2D eigenvalue weighted by Gasteiger charge is -2.39. The van der Waals surface area contributed by atoms with Gasteiger partial charge in [0.05, 0.1) is 19.1 Å². The van der Waals surface area contributed by atoms with Gasteiger partial charge in [-0.3, -0.25) is 9.59 Å². The van der Waals surface area contributed by atoms with Crippen molar-refractivity contribution >= 4 is 11.8 Å². The van der Waals surface area contributed by atoms with Gasteiger partial charge in [0.2, 0.25) is 11.8 Å². The van der Waals surface area contributed by atoms with Crippen LogP contribution in [0, 0.1) is 5.41 Å². The second-order valence-electron chi connectivity index (χ2n) is 10.4. The number of likely N-dealkylation sites (tertiary alicyclic amines) is 2. The molecule has 2 heterocycles. The van der Waals surface area contributed by atoms with Gasteiger partial charge in [-0.2, -0.15) is 0 Å². The van der Waals surface area contributed by atoms with Crippen LogP contribution in [-0.2, 0) is 15.0 Å². The van der Waals surface area contributed by atoms with Crippen LogP contribution in [0.4, 0.5) is 0 Å². The first-order chi connectivity index (χ1) is 17.0. The molecule has 3 aliphatic rings. The highest BCUT2D eigenvalue weighted by molar-refractivity contribution is 5.91. The number of carbonyl (C=O) groups is 2. The number of hydrogen-bond acceptors (Lipinski definition) is 4. The monoisotopic (exact) mass is 476 g/mol. The summed E-state index contributed by atoms with van der Waals surface area (Å²) < 4.78 is 11.0. The molecule has 2 aromatic carbocycles. The van der Waals surface area contributed by atoms with Gasteiger partial charge in [-0.25, -0.2) is 0 Å². The van der Waals surface area contributed by atoms with E-state index < -0.39 is 0 Å². The van der Waals surface area contributed by atoms with Crippen LogP contribution in [-0.4, -0.2) is 61.5 Å². The van der Waals surface area contributed by atoms with Gasteiger partial charge in [-0.1, -0.05) is 30.3 Å². The van der Waals surface area contributed by atoms with Crippen LogP contribution in [0.25, 0.3) is 0 Å². The van der Waals surface area contributed by atoms with Crippen LogP contribution >= 0.6 is 0 Å². The molecule has 0 aromatic heterocycles. The van der Waals surface area contributed by atoms with Crippen LogP contribution < -0.4 is 9.47 Å². The second-order valence-corrected chi connectivity index (χ2v) is 10.4. The van der Waals surface area contributed by atoms with Crippen LogP contribution in [0.3, 0.4) is 0 Å². The summed E-state index contributed by atoms with van der Waals surface area (Å²) >= 11 is 0. The average molecular weight is 477 g/mol. The predicted octanol–water partition coefficient (Wildman–Crippen LogP) is 4.43. The number of methoxy groups -OCH3 is 1. The summed E-state index contributed by atoms with van der Waals surface area (Å²) in [5.41, 5.74) is 0.940. The van der Waals surface area contributed by atoms with Crippen molar-refractivity contribution in [3.63, 3.8) is 0 Å². The summed E-state index contributed by atoms with van der Waals surface area (Å²) in [6, 6.07) is 17.7. The van der Waals surface area contributed by atoms with E-state index in [2.05, 4.69) is 4.90 Å². The van der Waals surface area contributed by atoms with Crippen molar-refractivity contribution in [3.05, 3.63) is 60.2 Å².